The number of hydrogen-bond donors (Lipinski definition) is 0. The number of nitrogens with zero attached hydrogens (tertiary/aromatic N) is 2. The Morgan fingerprint density at radius 2 is 2.10 bits per heavy atom. The molecule has 1 aliphatic heterocycles. The predicted molar refractivity (Wildman–Crippen MR) is 79.1 cm³/mol. The highest BCUT2D eigenvalue weighted by Gasteiger charge is 2.28. The quantitative estimate of drug-likeness (QED) is 0.720. The van der Waals surface area contributed by atoms with Gasteiger partial charge in [0.05, 0.1) is 0 Å². The number of aliphatic imine (C=N–C) groups is 1. The molecule has 0 saturated carbocycles. The first-order valence-electron chi connectivity index (χ1n) is 7.58. The fourth-order valence-electron chi connectivity index (χ4n) is 3.49. The molecule has 0 spiro atoms. The molecule has 3 aliphatic rings. The molecule has 0 N–H and O–H groups in total. The van der Waals surface area contributed by atoms with E-state index in [0.29, 0.717) is 0 Å². The van der Waals surface area contributed by atoms with E-state index in [-0.39, 0.29) is 0 Å². The SMILES string of the molecule is CCC1=NCCC(C2=C(OC#N)C3=C(CCC3)CC2)=C1. The average molecular weight is 268 g/mol. The first-order chi connectivity index (χ1) is 9.83. The monoisotopic (exact) mass is 268 g/mol. The molecule has 0 amide bonds. The van der Waals surface area contributed by atoms with E-state index in [4.69, 9.17) is 10.00 Å². The predicted octanol–water partition coefficient (Wildman–Crippen LogP) is 4.19. The fraction of sp³-hybridized carbons (Fsp3) is 0.529. The first-order valence-corrected chi connectivity index (χ1v) is 7.58. The summed E-state index contributed by atoms with van der Waals surface area (Å²) in [5.74, 6) is 0.870. The van der Waals surface area contributed by atoms with Crippen LogP contribution in [0.4, 0.5) is 0 Å². The summed E-state index contributed by atoms with van der Waals surface area (Å²) in [7, 11) is 0. The molecule has 0 aromatic rings. The Labute approximate surface area is 120 Å². The summed E-state index contributed by atoms with van der Waals surface area (Å²) in [6.45, 7) is 3.00. The number of nitriles is 1. The minimum absolute atomic E-state index is 0.865. The van der Waals surface area contributed by atoms with Crippen LogP contribution in [0, 0.1) is 11.5 Å². The van der Waals surface area contributed by atoms with E-state index >= 15 is 0 Å². The molecule has 1 heterocycles. The van der Waals surface area contributed by atoms with E-state index in [9.17, 15) is 0 Å². The van der Waals surface area contributed by atoms with Gasteiger partial charge in [0.2, 0.25) is 0 Å². The van der Waals surface area contributed by atoms with Crippen LogP contribution in [0.1, 0.15) is 51.9 Å². The summed E-state index contributed by atoms with van der Waals surface area (Å²) < 4.78 is 5.38. The highest BCUT2D eigenvalue weighted by Crippen LogP contribution is 2.43. The number of ether oxygens (including phenoxy) is 1. The van der Waals surface area contributed by atoms with Crippen molar-refractivity contribution in [2.75, 3.05) is 6.54 Å². The molecule has 0 aromatic carbocycles. The van der Waals surface area contributed by atoms with Gasteiger partial charge >= 0.3 is 0 Å². The van der Waals surface area contributed by atoms with Crippen LogP contribution in [-0.4, -0.2) is 12.3 Å². The Balaban J connectivity index is 2.01. The summed E-state index contributed by atoms with van der Waals surface area (Å²) in [6.07, 6.45) is 11.7. The van der Waals surface area contributed by atoms with Gasteiger partial charge in [-0.3, -0.25) is 4.99 Å². The van der Waals surface area contributed by atoms with Gasteiger partial charge < -0.3 is 4.74 Å². The van der Waals surface area contributed by atoms with Crippen LogP contribution in [0.2, 0.25) is 0 Å². The standard InChI is InChI=1S/C17H20N2O/c1-2-14-10-13(8-9-19-14)16-7-6-12-4-3-5-15(12)17(16)20-11-18/h10H,2-9H2,1H3. The van der Waals surface area contributed by atoms with Crippen molar-refractivity contribution in [1.29, 1.82) is 5.26 Å². The molecule has 3 rings (SSSR count). The van der Waals surface area contributed by atoms with E-state index in [1.54, 1.807) is 0 Å². The summed E-state index contributed by atoms with van der Waals surface area (Å²) >= 11 is 0. The summed E-state index contributed by atoms with van der Waals surface area (Å²) in [6, 6.07) is 0. The molecule has 0 fully saturated rings. The third-order valence-corrected chi connectivity index (χ3v) is 4.49. The van der Waals surface area contributed by atoms with Crippen molar-refractivity contribution < 1.29 is 4.74 Å². The average Bonchev–Trinajstić information content (AvgIpc) is 2.97. The van der Waals surface area contributed by atoms with E-state index in [1.807, 2.05) is 6.26 Å². The van der Waals surface area contributed by atoms with Gasteiger partial charge in [-0.1, -0.05) is 12.5 Å². The van der Waals surface area contributed by atoms with E-state index in [2.05, 4.69) is 18.0 Å². The molecule has 2 aliphatic carbocycles. The second-order valence-electron chi connectivity index (χ2n) is 5.58. The van der Waals surface area contributed by atoms with E-state index < -0.39 is 0 Å². The maximum Gasteiger partial charge on any atom is 0.292 e. The molecule has 20 heavy (non-hydrogen) atoms. The summed E-state index contributed by atoms with van der Waals surface area (Å²) in [5.41, 5.74) is 6.59. The molecular formula is C17H20N2O. The van der Waals surface area contributed by atoms with Gasteiger partial charge in [-0.2, -0.15) is 0 Å². The van der Waals surface area contributed by atoms with Crippen LogP contribution in [0.25, 0.3) is 0 Å². The largest absolute Gasteiger partial charge is 0.387 e. The van der Waals surface area contributed by atoms with Crippen molar-refractivity contribution >= 4 is 5.71 Å². The maximum atomic E-state index is 8.98. The summed E-state index contributed by atoms with van der Waals surface area (Å²) in [4.78, 5) is 4.53. The molecule has 0 bridgehead atoms. The lowest BCUT2D eigenvalue weighted by Gasteiger charge is -2.24. The molecule has 0 aromatic heterocycles. The second kappa shape index (κ2) is 5.66. The lowest BCUT2D eigenvalue weighted by Crippen LogP contribution is -2.11. The Morgan fingerprint density at radius 1 is 1.20 bits per heavy atom. The van der Waals surface area contributed by atoms with Crippen LogP contribution in [0.15, 0.2) is 39.1 Å². The zero-order valence-electron chi connectivity index (χ0n) is 12.0. The molecular weight excluding hydrogens is 248 g/mol. The van der Waals surface area contributed by atoms with E-state index in [0.717, 1.165) is 44.4 Å². The molecule has 104 valence electrons. The third-order valence-electron chi connectivity index (χ3n) is 4.49. The first kappa shape index (κ1) is 13.2. The number of rotatable bonds is 3. The van der Waals surface area contributed by atoms with Crippen LogP contribution < -0.4 is 0 Å². The Hall–Kier alpha value is -1.82. The fourth-order valence-corrected chi connectivity index (χ4v) is 3.49. The minimum Gasteiger partial charge on any atom is -0.387 e. The maximum absolute atomic E-state index is 8.98. The normalized spacial score (nSPS) is 22.2. The van der Waals surface area contributed by atoms with Crippen LogP contribution in [-0.2, 0) is 4.74 Å². The van der Waals surface area contributed by atoms with Crippen LogP contribution in [0.5, 0.6) is 0 Å². The zero-order chi connectivity index (χ0) is 13.9. The van der Waals surface area contributed by atoms with Gasteiger partial charge in [0.25, 0.3) is 6.26 Å². The highest BCUT2D eigenvalue weighted by molar-refractivity contribution is 5.96. The van der Waals surface area contributed by atoms with Crippen molar-refractivity contribution in [3.8, 4) is 6.26 Å². The molecule has 3 heteroatoms. The molecule has 0 unspecified atom stereocenters. The Kier molecular flexibility index (Phi) is 3.73. The molecule has 0 saturated heterocycles. The Morgan fingerprint density at radius 3 is 2.90 bits per heavy atom. The molecule has 3 nitrogen and oxygen atoms in total. The molecule has 0 radical (unpaired) electrons. The molecule has 0 atom stereocenters. The highest BCUT2D eigenvalue weighted by atomic mass is 16.5. The number of hydrogen-bond acceptors (Lipinski definition) is 3. The van der Waals surface area contributed by atoms with Crippen LogP contribution >= 0.6 is 0 Å². The Bertz CT molecular complexity index is 585. The number of dihydropyridines is 1. The smallest absolute Gasteiger partial charge is 0.292 e. The van der Waals surface area contributed by atoms with Gasteiger partial charge in [-0.05, 0) is 67.7 Å². The zero-order valence-corrected chi connectivity index (χ0v) is 12.0. The van der Waals surface area contributed by atoms with Crippen molar-refractivity contribution in [2.24, 2.45) is 4.99 Å². The van der Waals surface area contributed by atoms with Gasteiger partial charge in [0, 0.05) is 12.3 Å². The van der Waals surface area contributed by atoms with Gasteiger partial charge in [0.15, 0.2) is 0 Å². The van der Waals surface area contributed by atoms with Crippen molar-refractivity contribution in [2.45, 2.75) is 51.9 Å². The van der Waals surface area contributed by atoms with Gasteiger partial charge in [-0.25, -0.2) is 0 Å². The minimum atomic E-state index is 0.865. The topological polar surface area (TPSA) is 45.4 Å². The van der Waals surface area contributed by atoms with Gasteiger partial charge in [0.1, 0.15) is 5.76 Å². The van der Waals surface area contributed by atoms with Crippen molar-refractivity contribution in [3.63, 3.8) is 0 Å². The lowest BCUT2D eigenvalue weighted by atomic mass is 9.86. The lowest BCUT2D eigenvalue weighted by molar-refractivity contribution is 0.372. The van der Waals surface area contributed by atoms with Gasteiger partial charge in [-0.15, -0.1) is 5.26 Å². The van der Waals surface area contributed by atoms with Crippen LogP contribution in [0.3, 0.4) is 0 Å². The summed E-state index contributed by atoms with van der Waals surface area (Å²) in [5, 5.41) is 8.98. The number of allylic oxidation sites excluding steroid dienone is 4. The third kappa shape index (κ3) is 2.31. The van der Waals surface area contributed by atoms with Crippen molar-refractivity contribution in [1.82, 2.24) is 0 Å². The van der Waals surface area contributed by atoms with Crippen molar-refractivity contribution in [3.05, 3.63) is 34.1 Å². The second-order valence-corrected chi connectivity index (χ2v) is 5.58. The van der Waals surface area contributed by atoms with E-state index in [1.165, 1.54) is 40.8 Å².